The maximum Gasteiger partial charge on any atom is 0.290 e. The molecule has 0 saturated carbocycles. The van der Waals surface area contributed by atoms with Crippen LogP contribution < -0.4 is 4.90 Å². The van der Waals surface area contributed by atoms with E-state index in [-0.39, 0.29) is 11.3 Å². The van der Waals surface area contributed by atoms with Gasteiger partial charge in [0.05, 0.1) is 11.6 Å². The van der Waals surface area contributed by atoms with Crippen LogP contribution in [0.1, 0.15) is 27.7 Å². The summed E-state index contributed by atoms with van der Waals surface area (Å²) in [7, 11) is 3.89. The Hall–Kier alpha value is -4.32. The smallest absolute Gasteiger partial charge is 0.290 e. The first-order chi connectivity index (χ1) is 16.9. The first kappa shape index (κ1) is 22.5. The van der Waals surface area contributed by atoms with Crippen LogP contribution in [-0.4, -0.2) is 42.3 Å². The molecule has 1 N–H and O–H groups in total. The van der Waals surface area contributed by atoms with Crippen LogP contribution >= 0.6 is 0 Å². The number of hydrogen-bond donors (Lipinski definition) is 1. The average Bonchev–Trinajstić information content (AvgIpc) is 3.42. The van der Waals surface area contributed by atoms with Crippen LogP contribution in [0, 0.1) is 0 Å². The lowest BCUT2D eigenvalue weighted by molar-refractivity contribution is -0.129. The summed E-state index contributed by atoms with van der Waals surface area (Å²) in [6.07, 6.45) is 0.595. The fourth-order valence-corrected chi connectivity index (χ4v) is 4.54. The van der Waals surface area contributed by atoms with Crippen LogP contribution in [0.2, 0.25) is 0 Å². The molecular weight excluding hydrogens is 440 g/mol. The first-order valence-corrected chi connectivity index (χ1v) is 11.5. The van der Waals surface area contributed by atoms with E-state index in [1.807, 2.05) is 91.8 Å². The van der Waals surface area contributed by atoms with Crippen LogP contribution in [0.15, 0.2) is 101 Å². The van der Waals surface area contributed by atoms with E-state index in [0.717, 1.165) is 22.2 Å². The lowest BCUT2D eigenvalue weighted by atomic mass is 9.94. The Morgan fingerprint density at radius 3 is 2.34 bits per heavy atom. The number of hydrogen-bond acceptors (Lipinski definition) is 5. The van der Waals surface area contributed by atoms with E-state index in [9.17, 15) is 14.7 Å². The van der Waals surface area contributed by atoms with Crippen molar-refractivity contribution in [3.63, 3.8) is 0 Å². The molecule has 0 aliphatic carbocycles. The topological polar surface area (TPSA) is 74.0 Å². The highest BCUT2D eigenvalue weighted by Gasteiger charge is 2.44. The van der Waals surface area contributed by atoms with Gasteiger partial charge in [-0.25, -0.2) is 0 Å². The molecule has 1 atom stereocenters. The molecule has 176 valence electrons. The molecule has 0 bridgehead atoms. The number of anilines is 1. The lowest BCUT2D eigenvalue weighted by Crippen LogP contribution is -2.33. The number of para-hydroxylation sites is 1. The summed E-state index contributed by atoms with van der Waals surface area (Å²) in [4.78, 5) is 30.4. The number of carbonyl (C=O) groups is 2. The first-order valence-electron chi connectivity index (χ1n) is 11.5. The minimum atomic E-state index is -0.719. The molecule has 1 amide bonds. The molecule has 0 saturated heterocycles. The molecule has 6 heteroatoms. The molecule has 0 spiro atoms. The van der Waals surface area contributed by atoms with Gasteiger partial charge in [0.2, 0.25) is 5.78 Å². The van der Waals surface area contributed by atoms with Crippen LogP contribution in [0.25, 0.3) is 11.0 Å². The molecule has 6 nitrogen and oxygen atoms in total. The highest BCUT2D eigenvalue weighted by atomic mass is 16.3. The number of benzene rings is 3. The van der Waals surface area contributed by atoms with Gasteiger partial charge in [0, 0.05) is 31.7 Å². The summed E-state index contributed by atoms with van der Waals surface area (Å²) in [5.41, 5.74) is 3.43. The van der Waals surface area contributed by atoms with Gasteiger partial charge in [-0.1, -0.05) is 60.7 Å². The van der Waals surface area contributed by atoms with Crippen molar-refractivity contribution in [3.05, 3.63) is 113 Å². The summed E-state index contributed by atoms with van der Waals surface area (Å²) >= 11 is 0. The maximum atomic E-state index is 13.7. The van der Waals surface area contributed by atoms with Gasteiger partial charge in [-0.2, -0.15) is 0 Å². The van der Waals surface area contributed by atoms with E-state index in [1.165, 1.54) is 0 Å². The molecule has 1 aliphatic rings. The summed E-state index contributed by atoms with van der Waals surface area (Å²) in [6.45, 7) is 0.351. The molecule has 35 heavy (non-hydrogen) atoms. The number of carbonyl (C=O) groups excluding carboxylic acids is 2. The number of rotatable bonds is 7. The molecule has 0 fully saturated rings. The Labute approximate surface area is 203 Å². The van der Waals surface area contributed by atoms with Crippen molar-refractivity contribution in [1.82, 2.24) is 4.90 Å². The van der Waals surface area contributed by atoms with E-state index in [0.29, 0.717) is 18.5 Å². The highest BCUT2D eigenvalue weighted by Crippen LogP contribution is 2.40. The van der Waals surface area contributed by atoms with E-state index in [2.05, 4.69) is 0 Å². The number of aliphatic hydroxyl groups excluding tert-OH is 1. The van der Waals surface area contributed by atoms with E-state index in [1.54, 1.807) is 17.0 Å². The minimum absolute atomic E-state index is 0.0414. The Bertz CT molecular complexity index is 1390. The van der Waals surface area contributed by atoms with Crippen LogP contribution in [-0.2, 0) is 11.2 Å². The van der Waals surface area contributed by atoms with Gasteiger partial charge in [-0.05, 0) is 41.8 Å². The van der Waals surface area contributed by atoms with Crippen LogP contribution in [0.3, 0.4) is 0 Å². The number of aliphatic hydroxyl groups is 1. The van der Waals surface area contributed by atoms with E-state index < -0.39 is 23.5 Å². The van der Waals surface area contributed by atoms with Crippen molar-refractivity contribution in [3.8, 4) is 0 Å². The number of nitrogens with zero attached hydrogens (tertiary/aromatic N) is 2. The van der Waals surface area contributed by atoms with Crippen molar-refractivity contribution < 1.29 is 19.1 Å². The van der Waals surface area contributed by atoms with Gasteiger partial charge in [-0.15, -0.1) is 0 Å². The van der Waals surface area contributed by atoms with Gasteiger partial charge < -0.3 is 19.3 Å². The predicted octanol–water partition coefficient (Wildman–Crippen LogP) is 5.32. The summed E-state index contributed by atoms with van der Waals surface area (Å²) in [5, 5.41) is 11.7. The number of fused-ring (bicyclic) bond motifs is 1. The molecule has 3 aromatic carbocycles. The second-order valence-electron chi connectivity index (χ2n) is 8.86. The zero-order valence-corrected chi connectivity index (χ0v) is 19.6. The molecule has 0 radical (unpaired) electrons. The number of ketones is 1. The van der Waals surface area contributed by atoms with Gasteiger partial charge in [0.25, 0.3) is 5.91 Å². The Kier molecular flexibility index (Phi) is 5.87. The largest absolute Gasteiger partial charge is 0.503 e. The molecular formula is C29H26N2O4. The molecule has 5 rings (SSSR count). The molecule has 4 aromatic rings. The quantitative estimate of drug-likeness (QED) is 0.373. The Balaban J connectivity index is 1.54. The third-order valence-electron chi connectivity index (χ3n) is 6.41. The van der Waals surface area contributed by atoms with E-state index >= 15 is 0 Å². The zero-order valence-electron chi connectivity index (χ0n) is 19.6. The van der Waals surface area contributed by atoms with Crippen molar-refractivity contribution in [2.75, 3.05) is 25.5 Å². The van der Waals surface area contributed by atoms with Crippen molar-refractivity contribution in [2.45, 2.75) is 12.5 Å². The normalized spacial score (nSPS) is 15.8. The second-order valence-corrected chi connectivity index (χ2v) is 8.86. The van der Waals surface area contributed by atoms with Crippen LogP contribution in [0.4, 0.5) is 5.69 Å². The van der Waals surface area contributed by atoms with Crippen molar-refractivity contribution in [1.29, 1.82) is 0 Å². The lowest BCUT2D eigenvalue weighted by Gasteiger charge is -2.27. The Morgan fingerprint density at radius 1 is 0.971 bits per heavy atom. The van der Waals surface area contributed by atoms with E-state index in [4.69, 9.17) is 4.42 Å². The minimum Gasteiger partial charge on any atom is -0.503 e. The standard InChI is InChI=1S/C29H26N2O4/c1-30(2)22-14-12-20(13-15-22)26-25(27(32)24-18-21-10-6-7-11-23(21)35-24)28(33)29(34)31(26)17-16-19-8-4-3-5-9-19/h3-15,18,26,33H,16-17H2,1-2H3. The average molecular weight is 467 g/mol. The highest BCUT2D eigenvalue weighted by molar-refractivity contribution is 6.16. The van der Waals surface area contributed by atoms with Gasteiger partial charge in [0.15, 0.2) is 11.5 Å². The molecule has 1 aliphatic heterocycles. The Morgan fingerprint density at radius 2 is 1.66 bits per heavy atom. The summed E-state index contributed by atoms with van der Waals surface area (Å²) in [5.74, 6) is -1.47. The van der Waals surface area contributed by atoms with Gasteiger partial charge in [-0.3, -0.25) is 9.59 Å². The third kappa shape index (κ3) is 4.19. The fraction of sp³-hybridized carbons (Fsp3) is 0.172. The molecule has 1 unspecified atom stereocenters. The number of Topliss-reactive ketones (excluding diaryl/α,β-unsaturated/α-hetero) is 1. The van der Waals surface area contributed by atoms with Gasteiger partial charge in [0.1, 0.15) is 5.58 Å². The second kappa shape index (κ2) is 9.14. The van der Waals surface area contributed by atoms with Crippen molar-refractivity contribution >= 4 is 28.3 Å². The monoisotopic (exact) mass is 466 g/mol. The van der Waals surface area contributed by atoms with Crippen LogP contribution in [0.5, 0.6) is 0 Å². The number of furan rings is 1. The number of amides is 1. The molecule has 1 aromatic heterocycles. The van der Waals surface area contributed by atoms with Gasteiger partial charge >= 0.3 is 0 Å². The summed E-state index contributed by atoms with van der Waals surface area (Å²) in [6, 6.07) is 25.8. The third-order valence-corrected chi connectivity index (χ3v) is 6.41. The fourth-order valence-electron chi connectivity index (χ4n) is 4.54. The predicted molar refractivity (Wildman–Crippen MR) is 136 cm³/mol. The SMILES string of the molecule is CN(C)c1ccc(C2C(C(=O)c3cc4ccccc4o3)=C(O)C(=O)N2CCc2ccccc2)cc1. The van der Waals surface area contributed by atoms with Crippen molar-refractivity contribution in [2.24, 2.45) is 0 Å². The maximum absolute atomic E-state index is 13.7. The molecule has 2 heterocycles. The summed E-state index contributed by atoms with van der Waals surface area (Å²) < 4.78 is 5.79. The zero-order chi connectivity index (χ0) is 24.5.